The van der Waals surface area contributed by atoms with E-state index in [0.29, 0.717) is 33.0 Å². The number of hydrogen-bond donors (Lipinski definition) is 1. The second-order valence-corrected chi connectivity index (χ2v) is 4.31. The maximum atomic E-state index is 8.52. The van der Waals surface area contributed by atoms with E-state index >= 15 is 0 Å². The molecule has 0 radical (unpaired) electrons. The summed E-state index contributed by atoms with van der Waals surface area (Å²) in [6.07, 6.45) is 0. The Labute approximate surface area is 132 Å². The molecule has 1 N–H and O–H groups in total. The summed E-state index contributed by atoms with van der Waals surface area (Å²) in [6.45, 7) is 6.45. The van der Waals surface area contributed by atoms with E-state index in [1.54, 1.807) is 0 Å². The van der Waals surface area contributed by atoms with Crippen LogP contribution in [0.4, 0.5) is 0 Å². The van der Waals surface area contributed by atoms with Crippen molar-refractivity contribution in [1.29, 1.82) is 0 Å². The zero-order chi connectivity index (χ0) is 16.0. The highest BCUT2D eigenvalue weighted by Gasteiger charge is 1.97. The first kappa shape index (κ1) is 18.4. The highest BCUT2D eigenvalue weighted by molar-refractivity contribution is 5.83. The summed E-state index contributed by atoms with van der Waals surface area (Å²) in [5.41, 5.74) is 0. The predicted octanol–water partition coefficient (Wildman–Crippen LogP) is 3.27. The summed E-state index contributed by atoms with van der Waals surface area (Å²) >= 11 is 0. The van der Waals surface area contributed by atoms with Gasteiger partial charge in [-0.2, -0.15) is 0 Å². The van der Waals surface area contributed by atoms with Gasteiger partial charge in [-0.15, -0.1) is 0 Å². The zero-order valence-electron chi connectivity index (χ0n) is 13.5. The van der Waals surface area contributed by atoms with Crippen LogP contribution < -0.4 is 4.74 Å². The van der Waals surface area contributed by atoms with Gasteiger partial charge in [0, 0.05) is 0 Å². The molecule has 0 heterocycles. The number of fused-ring (bicyclic) bond motifs is 1. The summed E-state index contributed by atoms with van der Waals surface area (Å²) in [7, 11) is 0. The summed E-state index contributed by atoms with van der Waals surface area (Å²) in [4.78, 5) is 0. The summed E-state index contributed by atoms with van der Waals surface area (Å²) in [5, 5.41) is 10.9. The van der Waals surface area contributed by atoms with E-state index in [2.05, 4.69) is 12.1 Å². The Morgan fingerprint density at radius 1 is 0.773 bits per heavy atom. The zero-order valence-corrected chi connectivity index (χ0v) is 13.5. The van der Waals surface area contributed by atoms with E-state index in [9.17, 15) is 0 Å². The van der Waals surface area contributed by atoms with Crippen LogP contribution in [-0.2, 0) is 9.47 Å². The monoisotopic (exact) mass is 306 g/mol. The van der Waals surface area contributed by atoms with Crippen LogP contribution in [0.5, 0.6) is 5.75 Å². The largest absolute Gasteiger partial charge is 0.491 e. The van der Waals surface area contributed by atoms with E-state index < -0.39 is 0 Å². The number of benzene rings is 2. The molecule has 0 spiro atoms. The molecular weight excluding hydrogens is 280 g/mol. The lowest BCUT2D eigenvalue weighted by atomic mass is 10.1. The normalized spacial score (nSPS) is 10.1. The fourth-order valence-electron chi connectivity index (χ4n) is 1.86. The van der Waals surface area contributed by atoms with Crippen molar-refractivity contribution in [1.82, 2.24) is 0 Å². The molecule has 122 valence electrons. The Kier molecular flexibility index (Phi) is 10.0. The van der Waals surface area contributed by atoms with Gasteiger partial charge in [0.15, 0.2) is 0 Å². The minimum Gasteiger partial charge on any atom is -0.491 e. The Bertz CT molecular complexity index is 513. The van der Waals surface area contributed by atoms with Crippen molar-refractivity contribution in [3.8, 4) is 5.75 Å². The van der Waals surface area contributed by atoms with Crippen LogP contribution in [-0.4, -0.2) is 44.7 Å². The third kappa shape index (κ3) is 6.89. The van der Waals surface area contributed by atoms with Gasteiger partial charge < -0.3 is 19.3 Å². The minimum absolute atomic E-state index is 0.0467. The van der Waals surface area contributed by atoms with Crippen molar-refractivity contribution in [2.24, 2.45) is 0 Å². The molecule has 0 aliphatic carbocycles. The third-order valence-corrected chi connectivity index (χ3v) is 2.82. The van der Waals surface area contributed by atoms with E-state index in [1.165, 1.54) is 10.8 Å². The molecule has 2 aromatic rings. The molecule has 4 nitrogen and oxygen atoms in total. The van der Waals surface area contributed by atoms with Crippen LogP contribution in [0.3, 0.4) is 0 Å². The van der Waals surface area contributed by atoms with Gasteiger partial charge in [-0.3, -0.25) is 0 Å². The fourth-order valence-corrected chi connectivity index (χ4v) is 1.86. The van der Waals surface area contributed by atoms with Gasteiger partial charge >= 0.3 is 0 Å². The van der Waals surface area contributed by atoms with Gasteiger partial charge in [0.1, 0.15) is 12.4 Å². The average Bonchev–Trinajstić information content (AvgIpc) is 2.59. The van der Waals surface area contributed by atoms with Gasteiger partial charge in [-0.1, -0.05) is 44.2 Å². The molecule has 0 amide bonds. The fraction of sp³-hybridized carbons (Fsp3) is 0.444. The maximum absolute atomic E-state index is 8.52. The number of aliphatic hydroxyl groups excluding tert-OH is 1. The van der Waals surface area contributed by atoms with Crippen molar-refractivity contribution in [2.75, 3.05) is 39.6 Å². The number of rotatable bonds is 9. The first-order valence-corrected chi connectivity index (χ1v) is 7.78. The summed E-state index contributed by atoms with van der Waals surface area (Å²) in [6, 6.07) is 14.2. The van der Waals surface area contributed by atoms with Crippen molar-refractivity contribution in [3.05, 3.63) is 42.5 Å². The van der Waals surface area contributed by atoms with Crippen LogP contribution in [0, 0.1) is 0 Å². The first-order valence-electron chi connectivity index (χ1n) is 7.78. The van der Waals surface area contributed by atoms with Gasteiger partial charge in [0.25, 0.3) is 0 Å². The van der Waals surface area contributed by atoms with Crippen LogP contribution in [0.1, 0.15) is 13.8 Å². The van der Waals surface area contributed by atoms with Crippen LogP contribution in [0.15, 0.2) is 42.5 Å². The summed E-state index contributed by atoms with van der Waals surface area (Å²) in [5.74, 6) is 0.851. The number of ether oxygens (including phenoxy) is 3. The standard InChI is InChI=1S/C16H20O4.C2H6/c17-7-8-18-9-10-19-11-12-20-16-6-5-14-3-1-2-4-15(14)13-16;1-2/h1-6,13,17H,7-12H2;1-2H3. The molecule has 0 unspecified atom stereocenters. The molecule has 0 atom stereocenters. The molecule has 4 heteroatoms. The van der Waals surface area contributed by atoms with Gasteiger partial charge in [-0.05, 0) is 22.9 Å². The molecule has 0 saturated carbocycles. The smallest absolute Gasteiger partial charge is 0.120 e. The minimum atomic E-state index is 0.0467. The van der Waals surface area contributed by atoms with Crippen LogP contribution in [0.25, 0.3) is 10.8 Å². The molecular formula is C18H26O4. The van der Waals surface area contributed by atoms with Crippen molar-refractivity contribution in [2.45, 2.75) is 13.8 Å². The second-order valence-electron chi connectivity index (χ2n) is 4.31. The maximum Gasteiger partial charge on any atom is 0.120 e. The molecule has 0 aliphatic heterocycles. The lowest BCUT2D eigenvalue weighted by molar-refractivity contribution is 0.0247. The molecule has 0 aromatic heterocycles. The second kappa shape index (κ2) is 12.0. The topological polar surface area (TPSA) is 47.9 Å². The lowest BCUT2D eigenvalue weighted by Gasteiger charge is -2.08. The molecule has 0 bridgehead atoms. The van der Waals surface area contributed by atoms with E-state index in [4.69, 9.17) is 19.3 Å². The van der Waals surface area contributed by atoms with E-state index in [-0.39, 0.29) is 6.61 Å². The molecule has 22 heavy (non-hydrogen) atoms. The summed E-state index contributed by atoms with van der Waals surface area (Å²) < 4.78 is 16.1. The van der Waals surface area contributed by atoms with E-state index in [1.807, 2.05) is 44.2 Å². The highest BCUT2D eigenvalue weighted by atomic mass is 16.5. The van der Waals surface area contributed by atoms with Gasteiger partial charge in [0.05, 0.1) is 33.0 Å². The Hall–Kier alpha value is -1.62. The molecule has 0 fully saturated rings. The number of hydrogen-bond acceptors (Lipinski definition) is 4. The van der Waals surface area contributed by atoms with Crippen molar-refractivity contribution < 1.29 is 19.3 Å². The third-order valence-electron chi connectivity index (χ3n) is 2.82. The van der Waals surface area contributed by atoms with Crippen molar-refractivity contribution >= 4 is 10.8 Å². The SMILES string of the molecule is CC.OCCOCCOCCOc1ccc2ccccc2c1. The average molecular weight is 306 g/mol. The van der Waals surface area contributed by atoms with Gasteiger partial charge in [0.2, 0.25) is 0 Å². The van der Waals surface area contributed by atoms with Crippen LogP contribution in [0.2, 0.25) is 0 Å². The van der Waals surface area contributed by atoms with Gasteiger partial charge in [-0.25, -0.2) is 0 Å². The van der Waals surface area contributed by atoms with Crippen LogP contribution >= 0.6 is 0 Å². The van der Waals surface area contributed by atoms with Crippen molar-refractivity contribution in [3.63, 3.8) is 0 Å². The van der Waals surface area contributed by atoms with E-state index in [0.717, 1.165) is 5.75 Å². The molecule has 2 aromatic carbocycles. The molecule has 2 rings (SSSR count). The lowest BCUT2D eigenvalue weighted by Crippen LogP contribution is -2.11. The predicted molar refractivity (Wildman–Crippen MR) is 89.5 cm³/mol. The Balaban J connectivity index is 0.00000116. The first-order chi connectivity index (χ1) is 10.9. The quantitative estimate of drug-likeness (QED) is 0.722. The Morgan fingerprint density at radius 3 is 2.14 bits per heavy atom. The molecule has 0 aliphatic rings. The Morgan fingerprint density at radius 2 is 1.41 bits per heavy atom. The number of aliphatic hydroxyl groups is 1. The highest BCUT2D eigenvalue weighted by Crippen LogP contribution is 2.20. The molecule has 0 saturated heterocycles.